The van der Waals surface area contributed by atoms with Gasteiger partial charge in [-0.05, 0) is 63.8 Å². The molecule has 0 aliphatic carbocycles. The molecule has 0 saturated carbocycles. The molecule has 4 N–H and O–H groups in total. The van der Waals surface area contributed by atoms with E-state index in [0.717, 1.165) is 17.3 Å². The number of carbonyl (C=O) groups is 1. The number of carbonyl (C=O) groups excluding carboxylic acids is 1. The van der Waals surface area contributed by atoms with Crippen molar-refractivity contribution in [1.29, 1.82) is 0 Å². The maximum absolute atomic E-state index is 13.4. The summed E-state index contributed by atoms with van der Waals surface area (Å²) in [6, 6.07) is 5.48. The highest BCUT2D eigenvalue weighted by Crippen LogP contribution is 2.34. The lowest BCUT2D eigenvalue weighted by Crippen LogP contribution is -2.39. The van der Waals surface area contributed by atoms with Crippen LogP contribution in [-0.4, -0.2) is 55.3 Å². The minimum atomic E-state index is -4.63. The van der Waals surface area contributed by atoms with Gasteiger partial charge >= 0.3 is 6.18 Å². The Morgan fingerprint density at radius 3 is 2.46 bits per heavy atom. The number of amides is 1. The number of nitrogens with zero attached hydrogens (tertiary/aromatic N) is 3. The summed E-state index contributed by atoms with van der Waals surface area (Å²) in [7, 11) is 0. The molecule has 0 spiro atoms. The van der Waals surface area contributed by atoms with Gasteiger partial charge in [-0.15, -0.1) is 0 Å². The lowest BCUT2D eigenvalue weighted by molar-refractivity contribution is -0.137. The lowest BCUT2D eigenvalue weighted by Gasteiger charge is -2.31. The molecule has 1 amide bonds. The highest BCUT2D eigenvalue weighted by atomic mass is 19.4. The van der Waals surface area contributed by atoms with E-state index in [9.17, 15) is 28.2 Å². The number of fused-ring (bicyclic) bond motifs is 1. The summed E-state index contributed by atoms with van der Waals surface area (Å²) in [5.41, 5.74) is -0.500. The highest BCUT2D eigenvalue weighted by Gasteiger charge is 2.35. The molecule has 1 aromatic heterocycles. The van der Waals surface area contributed by atoms with Gasteiger partial charge in [0.1, 0.15) is 11.4 Å². The van der Waals surface area contributed by atoms with Crippen molar-refractivity contribution in [3.63, 3.8) is 0 Å². The molecule has 1 aliphatic rings. The van der Waals surface area contributed by atoms with Gasteiger partial charge in [0.2, 0.25) is 11.9 Å². The third-order valence-electron chi connectivity index (χ3n) is 5.53. The number of halogens is 3. The maximum Gasteiger partial charge on any atom is 0.421 e. The maximum atomic E-state index is 13.4. The molecular weight excluding hydrogens is 463 g/mol. The Bertz CT molecular complexity index is 1060. The fourth-order valence-electron chi connectivity index (χ4n) is 3.73. The molecule has 192 valence electrons. The summed E-state index contributed by atoms with van der Waals surface area (Å²) < 4.78 is 40.2. The molecule has 0 radical (unpaired) electrons. The third-order valence-corrected chi connectivity index (χ3v) is 5.53. The fraction of sp³-hybridized carbons (Fsp3) is 0.542. The van der Waals surface area contributed by atoms with Crippen LogP contribution in [0.25, 0.3) is 0 Å². The highest BCUT2D eigenvalue weighted by molar-refractivity contribution is 5.77. The van der Waals surface area contributed by atoms with Crippen molar-refractivity contribution in [3.05, 3.63) is 41.1 Å². The van der Waals surface area contributed by atoms with E-state index < -0.39 is 22.9 Å². The van der Waals surface area contributed by atoms with Gasteiger partial charge in [-0.1, -0.05) is 6.07 Å². The van der Waals surface area contributed by atoms with E-state index >= 15 is 0 Å². The van der Waals surface area contributed by atoms with Gasteiger partial charge in [0.05, 0.1) is 17.6 Å². The topological polar surface area (TPSA) is 111 Å². The van der Waals surface area contributed by atoms with Crippen LogP contribution in [0.1, 0.15) is 57.2 Å². The average Bonchev–Trinajstić information content (AvgIpc) is 2.70. The van der Waals surface area contributed by atoms with Gasteiger partial charge in [-0.3, -0.25) is 4.79 Å². The molecule has 8 nitrogen and oxygen atoms in total. The van der Waals surface area contributed by atoms with Gasteiger partial charge in [0.25, 0.3) is 0 Å². The van der Waals surface area contributed by atoms with Crippen molar-refractivity contribution >= 4 is 23.4 Å². The molecule has 0 saturated heterocycles. The number of alkyl halides is 3. The van der Waals surface area contributed by atoms with E-state index in [1.54, 1.807) is 38.7 Å². The summed E-state index contributed by atoms with van der Waals surface area (Å²) in [6.07, 6.45) is -3.01. The van der Waals surface area contributed by atoms with Crippen LogP contribution in [0.2, 0.25) is 0 Å². The van der Waals surface area contributed by atoms with Crippen LogP contribution in [0.15, 0.2) is 24.4 Å². The largest absolute Gasteiger partial charge is 0.421 e. The standard InChI is InChI=1S/C24H32F3N5O3/c1-22(2,34)8-9-28-20-18(24(25,26)27)13-29-21(31-20)30-17-6-5-16-14-32(10-7-15(16)11-17)19(33)12-23(3,4)35/h5-6,11,13,34-35H,7-10,12,14H2,1-4H3,(H2,28,29,30,31). The minimum absolute atomic E-state index is 0.00139. The van der Waals surface area contributed by atoms with Gasteiger partial charge in [-0.25, -0.2) is 4.98 Å². The molecule has 1 aliphatic heterocycles. The molecule has 3 rings (SSSR count). The van der Waals surface area contributed by atoms with Crippen molar-refractivity contribution in [3.8, 4) is 0 Å². The second-order valence-electron chi connectivity index (χ2n) is 10.1. The first-order valence-electron chi connectivity index (χ1n) is 11.4. The molecular formula is C24H32F3N5O3. The number of aliphatic hydroxyl groups is 2. The summed E-state index contributed by atoms with van der Waals surface area (Å²) in [5.74, 6) is -0.479. The average molecular weight is 496 g/mol. The zero-order valence-electron chi connectivity index (χ0n) is 20.3. The number of anilines is 3. The van der Waals surface area contributed by atoms with E-state index in [4.69, 9.17) is 0 Å². The van der Waals surface area contributed by atoms with Crippen LogP contribution in [0.5, 0.6) is 0 Å². The smallest absolute Gasteiger partial charge is 0.390 e. The minimum Gasteiger partial charge on any atom is -0.390 e. The van der Waals surface area contributed by atoms with Crippen molar-refractivity contribution in [1.82, 2.24) is 14.9 Å². The number of nitrogens with one attached hydrogen (secondary N) is 2. The van der Waals surface area contributed by atoms with Crippen molar-refractivity contribution in [2.45, 2.75) is 70.9 Å². The first kappa shape index (κ1) is 26.7. The Morgan fingerprint density at radius 1 is 1.11 bits per heavy atom. The summed E-state index contributed by atoms with van der Waals surface area (Å²) in [4.78, 5) is 22.0. The Morgan fingerprint density at radius 2 is 1.83 bits per heavy atom. The van der Waals surface area contributed by atoms with Crippen LogP contribution in [-0.2, 0) is 23.9 Å². The fourth-order valence-corrected chi connectivity index (χ4v) is 3.73. The number of aromatic nitrogens is 2. The van der Waals surface area contributed by atoms with Crippen LogP contribution in [0.4, 0.5) is 30.6 Å². The predicted molar refractivity (Wildman–Crippen MR) is 126 cm³/mol. The SMILES string of the molecule is CC(C)(O)CCNc1nc(Nc2ccc3c(c2)CCN(C(=O)CC(C)(C)O)C3)ncc1C(F)(F)F. The monoisotopic (exact) mass is 495 g/mol. The molecule has 2 heterocycles. The van der Waals surface area contributed by atoms with Gasteiger partial charge in [0.15, 0.2) is 0 Å². The Hall–Kier alpha value is -2.92. The first-order valence-corrected chi connectivity index (χ1v) is 11.4. The second kappa shape index (κ2) is 9.98. The number of hydrogen-bond acceptors (Lipinski definition) is 7. The van der Waals surface area contributed by atoms with Crippen LogP contribution in [0, 0.1) is 0 Å². The van der Waals surface area contributed by atoms with Crippen molar-refractivity contribution < 1.29 is 28.2 Å². The first-order chi connectivity index (χ1) is 16.1. The van der Waals surface area contributed by atoms with Crippen molar-refractivity contribution in [2.75, 3.05) is 23.7 Å². The van der Waals surface area contributed by atoms with Crippen LogP contribution < -0.4 is 10.6 Å². The van der Waals surface area contributed by atoms with E-state index in [0.29, 0.717) is 25.2 Å². The molecule has 0 atom stereocenters. The molecule has 35 heavy (non-hydrogen) atoms. The molecule has 2 aromatic rings. The Kier molecular flexibility index (Phi) is 7.61. The van der Waals surface area contributed by atoms with E-state index in [2.05, 4.69) is 20.6 Å². The van der Waals surface area contributed by atoms with E-state index in [-0.39, 0.29) is 37.1 Å². The molecule has 0 unspecified atom stereocenters. The number of rotatable bonds is 8. The molecule has 1 aromatic carbocycles. The Labute approximate surface area is 202 Å². The van der Waals surface area contributed by atoms with Gasteiger partial charge in [0, 0.05) is 31.5 Å². The Balaban J connectivity index is 1.73. The zero-order valence-corrected chi connectivity index (χ0v) is 20.3. The molecule has 0 fully saturated rings. The lowest BCUT2D eigenvalue weighted by atomic mass is 9.97. The summed E-state index contributed by atoms with van der Waals surface area (Å²) in [5, 5.41) is 25.3. The quantitative estimate of drug-likeness (QED) is 0.440. The third kappa shape index (κ3) is 7.79. The van der Waals surface area contributed by atoms with E-state index in [1.807, 2.05) is 12.1 Å². The van der Waals surface area contributed by atoms with Crippen LogP contribution in [0.3, 0.4) is 0 Å². The van der Waals surface area contributed by atoms with Gasteiger partial charge < -0.3 is 25.7 Å². The van der Waals surface area contributed by atoms with E-state index in [1.165, 1.54) is 0 Å². The van der Waals surface area contributed by atoms with Crippen LogP contribution >= 0.6 is 0 Å². The number of hydrogen-bond donors (Lipinski definition) is 4. The second-order valence-corrected chi connectivity index (χ2v) is 10.1. The predicted octanol–water partition coefficient (Wildman–Crippen LogP) is 3.86. The number of benzene rings is 1. The zero-order chi connectivity index (χ0) is 26.0. The normalized spacial score (nSPS) is 14.5. The molecule has 11 heteroatoms. The molecule has 0 bridgehead atoms. The summed E-state index contributed by atoms with van der Waals surface area (Å²) in [6.45, 7) is 7.38. The van der Waals surface area contributed by atoms with Gasteiger partial charge in [-0.2, -0.15) is 18.2 Å². The summed E-state index contributed by atoms with van der Waals surface area (Å²) >= 11 is 0. The van der Waals surface area contributed by atoms with Crippen molar-refractivity contribution in [2.24, 2.45) is 0 Å².